The molecule has 0 spiro atoms. The fraction of sp³-hybridized carbons (Fsp3) is 0.333. The maximum atomic E-state index is 12.8. The van der Waals surface area contributed by atoms with E-state index in [2.05, 4.69) is 5.32 Å². The lowest BCUT2D eigenvalue weighted by Gasteiger charge is -2.22. The highest BCUT2D eigenvalue weighted by Crippen LogP contribution is 2.35. The van der Waals surface area contributed by atoms with Crippen LogP contribution in [0.3, 0.4) is 0 Å². The van der Waals surface area contributed by atoms with Gasteiger partial charge in [-0.3, -0.25) is 9.69 Å². The molecule has 0 bridgehead atoms. The summed E-state index contributed by atoms with van der Waals surface area (Å²) >= 11 is 0. The molecule has 2 aliphatic heterocycles. The summed E-state index contributed by atoms with van der Waals surface area (Å²) in [5, 5.41) is 2.84. The van der Waals surface area contributed by atoms with Crippen molar-refractivity contribution in [3.63, 3.8) is 0 Å². The summed E-state index contributed by atoms with van der Waals surface area (Å²) < 4.78 is 11.1. The molecule has 4 rings (SSSR count). The maximum Gasteiger partial charge on any atom is 0.325 e. The van der Waals surface area contributed by atoms with Crippen LogP contribution < -0.4 is 24.6 Å². The van der Waals surface area contributed by atoms with Crippen LogP contribution in [0.25, 0.3) is 0 Å². The van der Waals surface area contributed by atoms with E-state index in [4.69, 9.17) is 9.47 Å². The molecule has 0 aliphatic carbocycles. The van der Waals surface area contributed by atoms with Crippen LogP contribution in [0.15, 0.2) is 42.5 Å². The summed E-state index contributed by atoms with van der Waals surface area (Å²) in [5.74, 6) is 1.10. The summed E-state index contributed by atoms with van der Waals surface area (Å²) in [6.45, 7) is 2.03. The molecule has 1 saturated heterocycles. The van der Waals surface area contributed by atoms with Crippen LogP contribution in [0.2, 0.25) is 0 Å². The normalized spacial score (nSPS) is 15.4. The van der Waals surface area contributed by atoms with Gasteiger partial charge in [0.15, 0.2) is 11.5 Å². The minimum absolute atomic E-state index is 0.00924. The molecule has 29 heavy (non-hydrogen) atoms. The van der Waals surface area contributed by atoms with Crippen LogP contribution in [-0.4, -0.2) is 63.8 Å². The van der Waals surface area contributed by atoms with Gasteiger partial charge in [-0.25, -0.2) is 4.79 Å². The van der Waals surface area contributed by atoms with Crippen molar-refractivity contribution < 1.29 is 19.1 Å². The van der Waals surface area contributed by atoms with Crippen LogP contribution in [0, 0.1) is 0 Å². The van der Waals surface area contributed by atoms with E-state index in [-0.39, 0.29) is 18.5 Å². The van der Waals surface area contributed by atoms with Crippen LogP contribution in [0.4, 0.5) is 21.9 Å². The Bertz CT molecular complexity index is 913. The van der Waals surface area contributed by atoms with Crippen molar-refractivity contribution in [1.82, 2.24) is 4.90 Å². The summed E-state index contributed by atoms with van der Waals surface area (Å²) in [5.41, 5.74) is 2.49. The number of urea groups is 1. The van der Waals surface area contributed by atoms with E-state index >= 15 is 0 Å². The molecule has 2 aromatic rings. The van der Waals surface area contributed by atoms with Crippen LogP contribution >= 0.6 is 0 Å². The Balaban J connectivity index is 1.37. The summed E-state index contributed by atoms with van der Waals surface area (Å²) in [6, 6.07) is 12.8. The van der Waals surface area contributed by atoms with Gasteiger partial charge in [0.05, 0.1) is 0 Å². The lowest BCUT2D eigenvalue weighted by molar-refractivity contribution is -0.116. The van der Waals surface area contributed by atoms with Gasteiger partial charge in [-0.1, -0.05) is 0 Å². The predicted octanol–water partition coefficient (Wildman–Crippen LogP) is 2.40. The molecular formula is C21H24N4O4. The van der Waals surface area contributed by atoms with E-state index in [0.717, 1.165) is 11.4 Å². The minimum atomic E-state index is -0.222. The smallest absolute Gasteiger partial charge is 0.325 e. The Kier molecular flexibility index (Phi) is 5.16. The SMILES string of the molecule is CN(C)c1ccc(NC(=O)CN2CCN(c3ccc4c(c3)OCCO4)C2=O)cc1. The van der Waals surface area contributed by atoms with E-state index in [0.29, 0.717) is 43.5 Å². The van der Waals surface area contributed by atoms with Gasteiger partial charge < -0.3 is 24.6 Å². The number of anilines is 3. The number of benzene rings is 2. The second kappa shape index (κ2) is 7.90. The zero-order valence-corrected chi connectivity index (χ0v) is 16.6. The molecule has 8 nitrogen and oxygen atoms in total. The number of carbonyl (C=O) groups excluding carboxylic acids is 2. The Morgan fingerprint density at radius 1 is 1.03 bits per heavy atom. The Morgan fingerprint density at radius 3 is 2.48 bits per heavy atom. The van der Waals surface area contributed by atoms with Gasteiger partial charge in [0.1, 0.15) is 19.8 Å². The van der Waals surface area contributed by atoms with Crippen LogP contribution in [0.1, 0.15) is 0 Å². The van der Waals surface area contributed by atoms with Gasteiger partial charge in [-0.05, 0) is 36.4 Å². The summed E-state index contributed by atoms with van der Waals surface area (Å²) in [7, 11) is 3.92. The third kappa shape index (κ3) is 4.06. The highest BCUT2D eigenvalue weighted by Gasteiger charge is 2.31. The van der Waals surface area contributed by atoms with E-state index in [1.165, 1.54) is 0 Å². The first kappa shape index (κ1) is 18.9. The summed E-state index contributed by atoms with van der Waals surface area (Å²) in [4.78, 5) is 30.4. The maximum absolute atomic E-state index is 12.8. The number of ether oxygens (including phenoxy) is 2. The van der Waals surface area contributed by atoms with Crippen molar-refractivity contribution in [2.75, 3.05) is 62.1 Å². The van der Waals surface area contributed by atoms with E-state index in [1.54, 1.807) is 9.80 Å². The number of fused-ring (bicyclic) bond motifs is 1. The molecule has 2 heterocycles. The first-order chi connectivity index (χ1) is 14.0. The first-order valence-corrected chi connectivity index (χ1v) is 9.54. The average Bonchev–Trinajstić information content (AvgIpc) is 3.08. The average molecular weight is 396 g/mol. The topological polar surface area (TPSA) is 74.4 Å². The third-order valence-corrected chi connectivity index (χ3v) is 4.93. The van der Waals surface area contributed by atoms with Crippen molar-refractivity contribution >= 4 is 29.0 Å². The molecule has 8 heteroatoms. The molecule has 0 atom stereocenters. The fourth-order valence-corrected chi connectivity index (χ4v) is 3.39. The second-order valence-electron chi connectivity index (χ2n) is 7.17. The molecule has 152 valence electrons. The van der Waals surface area contributed by atoms with Crippen LogP contribution in [-0.2, 0) is 4.79 Å². The Hall–Kier alpha value is -3.42. The number of rotatable bonds is 5. The van der Waals surface area contributed by atoms with E-state index < -0.39 is 0 Å². The quantitative estimate of drug-likeness (QED) is 0.840. The molecule has 0 saturated carbocycles. The molecule has 3 amide bonds. The van der Waals surface area contributed by atoms with E-state index in [9.17, 15) is 9.59 Å². The molecule has 2 aliphatic rings. The lowest BCUT2D eigenvalue weighted by Crippen LogP contribution is -2.37. The molecule has 0 radical (unpaired) electrons. The van der Waals surface area contributed by atoms with Gasteiger partial charge in [0, 0.05) is 50.3 Å². The standard InChI is InChI=1S/C21H24N4O4/c1-23(2)16-5-3-15(4-6-16)22-20(26)14-24-9-10-25(21(24)27)17-7-8-18-19(13-17)29-12-11-28-18/h3-8,13H,9-12,14H2,1-2H3,(H,22,26). The number of amides is 3. The largest absolute Gasteiger partial charge is 0.486 e. The number of nitrogens with one attached hydrogen (secondary N) is 1. The zero-order chi connectivity index (χ0) is 20.4. The van der Waals surface area contributed by atoms with Crippen molar-refractivity contribution in [1.29, 1.82) is 0 Å². The Morgan fingerprint density at radius 2 is 1.76 bits per heavy atom. The van der Waals surface area contributed by atoms with Crippen molar-refractivity contribution in [3.05, 3.63) is 42.5 Å². The molecule has 1 N–H and O–H groups in total. The Labute approximate surface area is 169 Å². The molecule has 2 aromatic carbocycles. The highest BCUT2D eigenvalue weighted by atomic mass is 16.6. The molecule has 0 unspecified atom stereocenters. The number of nitrogens with zero attached hydrogens (tertiary/aromatic N) is 3. The van der Waals surface area contributed by atoms with Gasteiger partial charge >= 0.3 is 6.03 Å². The fourth-order valence-electron chi connectivity index (χ4n) is 3.39. The second-order valence-corrected chi connectivity index (χ2v) is 7.17. The predicted molar refractivity (Wildman–Crippen MR) is 111 cm³/mol. The van der Waals surface area contributed by atoms with Crippen molar-refractivity contribution in [2.24, 2.45) is 0 Å². The summed E-state index contributed by atoms with van der Waals surface area (Å²) in [6.07, 6.45) is 0. The van der Waals surface area contributed by atoms with Gasteiger partial charge in [0.2, 0.25) is 5.91 Å². The van der Waals surface area contributed by atoms with Gasteiger partial charge in [0.25, 0.3) is 0 Å². The number of hydrogen-bond acceptors (Lipinski definition) is 5. The van der Waals surface area contributed by atoms with Crippen molar-refractivity contribution in [2.45, 2.75) is 0 Å². The first-order valence-electron chi connectivity index (χ1n) is 9.54. The molecule has 0 aromatic heterocycles. The minimum Gasteiger partial charge on any atom is -0.486 e. The molecular weight excluding hydrogens is 372 g/mol. The zero-order valence-electron chi connectivity index (χ0n) is 16.6. The lowest BCUT2D eigenvalue weighted by atomic mass is 10.2. The van der Waals surface area contributed by atoms with Crippen LogP contribution in [0.5, 0.6) is 11.5 Å². The highest BCUT2D eigenvalue weighted by molar-refractivity contribution is 5.99. The van der Waals surface area contributed by atoms with Gasteiger partial charge in [-0.15, -0.1) is 0 Å². The van der Waals surface area contributed by atoms with Gasteiger partial charge in [-0.2, -0.15) is 0 Å². The molecule has 1 fully saturated rings. The monoisotopic (exact) mass is 396 g/mol. The van der Waals surface area contributed by atoms with Crippen molar-refractivity contribution in [3.8, 4) is 11.5 Å². The number of carbonyl (C=O) groups is 2. The van der Waals surface area contributed by atoms with E-state index in [1.807, 2.05) is 61.5 Å². The number of hydrogen-bond donors (Lipinski definition) is 1. The third-order valence-electron chi connectivity index (χ3n) is 4.93.